The van der Waals surface area contributed by atoms with E-state index in [0.717, 1.165) is 64.7 Å². The number of nitrogens with one attached hydrogen (secondary N) is 1. The predicted octanol–water partition coefficient (Wildman–Crippen LogP) is 1.92. The number of piperidine rings is 1. The Kier molecular flexibility index (Phi) is 4.97. The fourth-order valence-corrected chi connectivity index (χ4v) is 4.46. The minimum atomic E-state index is 0.0821. The molecule has 6 heteroatoms. The Hall–Kier alpha value is -1.56. The quantitative estimate of drug-likeness (QED) is 0.827. The van der Waals surface area contributed by atoms with Crippen molar-refractivity contribution in [1.29, 1.82) is 0 Å². The molecular weight excluding hydrogens is 316 g/mol. The number of nitrogens with zero attached hydrogens (tertiary/aromatic N) is 3. The summed E-state index contributed by atoms with van der Waals surface area (Å²) in [6, 6.07) is 0.885. The van der Waals surface area contributed by atoms with Gasteiger partial charge < -0.3 is 15.1 Å². The van der Waals surface area contributed by atoms with E-state index in [-0.39, 0.29) is 11.9 Å². The first-order valence-electron chi connectivity index (χ1n) is 10.0. The molecule has 2 aliphatic carbocycles. The Morgan fingerprint density at radius 3 is 2.56 bits per heavy atom. The molecule has 4 rings (SSSR count). The molecule has 2 saturated heterocycles. The molecule has 0 unspecified atom stereocenters. The summed E-state index contributed by atoms with van der Waals surface area (Å²) in [5, 5.41) is 2.89. The highest BCUT2D eigenvalue weighted by atomic mass is 16.2. The van der Waals surface area contributed by atoms with Gasteiger partial charge in [0, 0.05) is 44.0 Å². The van der Waals surface area contributed by atoms with E-state index in [1.807, 2.05) is 4.90 Å². The van der Waals surface area contributed by atoms with Gasteiger partial charge in [0.2, 0.25) is 5.91 Å². The van der Waals surface area contributed by atoms with Crippen LogP contribution in [0.15, 0.2) is 11.8 Å². The van der Waals surface area contributed by atoms with Crippen molar-refractivity contribution >= 4 is 11.9 Å². The zero-order valence-electron chi connectivity index (χ0n) is 15.1. The summed E-state index contributed by atoms with van der Waals surface area (Å²) in [6.07, 6.45) is 11.2. The monoisotopic (exact) mass is 346 g/mol. The molecule has 0 aromatic heterocycles. The van der Waals surface area contributed by atoms with Crippen LogP contribution in [-0.2, 0) is 4.79 Å². The molecule has 0 atom stereocenters. The van der Waals surface area contributed by atoms with Gasteiger partial charge in [0.05, 0.1) is 6.54 Å². The first-order valence-corrected chi connectivity index (χ1v) is 10.0. The summed E-state index contributed by atoms with van der Waals surface area (Å²) in [7, 11) is 0. The van der Waals surface area contributed by atoms with Gasteiger partial charge in [-0.15, -0.1) is 0 Å². The molecule has 0 aromatic rings. The van der Waals surface area contributed by atoms with Crippen molar-refractivity contribution in [3.8, 4) is 0 Å². The number of allylic oxidation sites excluding steroid dienone is 2. The fourth-order valence-electron chi connectivity index (χ4n) is 4.46. The lowest BCUT2D eigenvalue weighted by atomic mass is 10.0. The van der Waals surface area contributed by atoms with Gasteiger partial charge in [0.25, 0.3) is 0 Å². The van der Waals surface area contributed by atoms with Gasteiger partial charge in [0.1, 0.15) is 0 Å². The van der Waals surface area contributed by atoms with Gasteiger partial charge in [-0.05, 0) is 51.4 Å². The van der Waals surface area contributed by atoms with Crippen molar-refractivity contribution in [2.75, 3.05) is 32.7 Å². The number of amides is 3. The van der Waals surface area contributed by atoms with Crippen LogP contribution in [0.25, 0.3) is 0 Å². The zero-order chi connectivity index (χ0) is 17.2. The number of rotatable bonds is 5. The molecule has 4 aliphatic rings. The van der Waals surface area contributed by atoms with Gasteiger partial charge in [-0.1, -0.05) is 6.08 Å². The van der Waals surface area contributed by atoms with E-state index >= 15 is 0 Å². The molecule has 0 spiro atoms. The average molecular weight is 346 g/mol. The molecule has 1 N–H and O–H groups in total. The Bertz CT molecular complexity index is 550. The molecule has 0 radical (unpaired) electrons. The van der Waals surface area contributed by atoms with Gasteiger partial charge in [-0.2, -0.15) is 0 Å². The highest BCUT2D eigenvalue weighted by Crippen LogP contribution is 2.34. The average Bonchev–Trinajstić information content (AvgIpc) is 3.37. The lowest BCUT2D eigenvalue weighted by Gasteiger charge is -2.37. The van der Waals surface area contributed by atoms with Crippen molar-refractivity contribution < 1.29 is 9.59 Å². The van der Waals surface area contributed by atoms with E-state index in [1.165, 1.54) is 18.5 Å². The molecule has 1 saturated carbocycles. The maximum atomic E-state index is 13.0. The van der Waals surface area contributed by atoms with E-state index in [0.29, 0.717) is 18.6 Å². The van der Waals surface area contributed by atoms with Gasteiger partial charge in [-0.3, -0.25) is 9.69 Å². The van der Waals surface area contributed by atoms with E-state index in [9.17, 15) is 9.59 Å². The summed E-state index contributed by atoms with van der Waals surface area (Å²) >= 11 is 0. The smallest absolute Gasteiger partial charge is 0.317 e. The largest absolute Gasteiger partial charge is 0.336 e. The highest BCUT2D eigenvalue weighted by Gasteiger charge is 2.36. The van der Waals surface area contributed by atoms with Crippen molar-refractivity contribution in [3.05, 3.63) is 11.8 Å². The number of hydrogen-bond acceptors (Lipinski definition) is 3. The summed E-state index contributed by atoms with van der Waals surface area (Å²) in [6.45, 7) is 3.96. The lowest BCUT2D eigenvalue weighted by Crippen LogP contribution is -2.49. The van der Waals surface area contributed by atoms with E-state index in [4.69, 9.17) is 0 Å². The Labute approximate surface area is 150 Å². The predicted molar refractivity (Wildman–Crippen MR) is 96.0 cm³/mol. The van der Waals surface area contributed by atoms with Crippen LogP contribution in [0.1, 0.15) is 51.4 Å². The maximum Gasteiger partial charge on any atom is 0.317 e. The van der Waals surface area contributed by atoms with Crippen LogP contribution < -0.4 is 5.32 Å². The lowest BCUT2D eigenvalue weighted by molar-refractivity contribution is -0.131. The SMILES string of the molecule is O=C1NCCN1C1CCN(CC(=O)N(C2=CCCCC2)C2CC2)CC1. The third-order valence-corrected chi connectivity index (χ3v) is 6.00. The number of hydrogen-bond donors (Lipinski definition) is 1. The molecule has 138 valence electrons. The van der Waals surface area contributed by atoms with Crippen LogP contribution in [0, 0.1) is 0 Å². The molecule has 2 aliphatic heterocycles. The third-order valence-electron chi connectivity index (χ3n) is 6.00. The van der Waals surface area contributed by atoms with Crippen LogP contribution in [0.3, 0.4) is 0 Å². The molecule has 25 heavy (non-hydrogen) atoms. The van der Waals surface area contributed by atoms with E-state index < -0.39 is 0 Å². The van der Waals surface area contributed by atoms with Crippen LogP contribution in [0.5, 0.6) is 0 Å². The first-order chi connectivity index (χ1) is 12.2. The van der Waals surface area contributed by atoms with Crippen molar-refractivity contribution in [3.63, 3.8) is 0 Å². The Morgan fingerprint density at radius 1 is 1.16 bits per heavy atom. The number of urea groups is 1. The van der Waals surface area contributed by atoms with Crippen LogP contribution in [0.4, 0.5) is 4.79 Å². The van der Waals surface area contributed by atoms with Crippen LogP contribution >= 0.6 is 0 Å². The summed E-state index contributed by atoms with van der Waals surface area (Å²) < 4.78 is 0. The van der Waals surface area contributed by atoms with Crippen LogP contribution in [-0.4, -0.2) is 71.4 Å². The topological polar surface area (TPSA) is 55.9 Å². The molecule has 0 bridgehead atoms. The second kappa shape index (κ2) is 7.36. The molecule has 0 aromatic carbocycles. The first kappa shape index (κ1) is 16.9. The summed E-state index contributed by atoms with van der Waals surface area (Å²) in [4.78, 5) is 31.1. The third kappa shape index (κ3) is 3.84. The second-order valence-electron chi connectivity index (χ2n) is 7.87. The van der Waals surface area contributed by atoms with E-state index in [2.05, 4.69) is 21.2 Å². The minimum absolute atomic E-state index is 0.0821. The standard InChI is InChI=1S/C19H30N4O2/c24-18(23(17-6-7-17)16-4-2-1-3-5-16)14-21-11-8-15(9-12-21)22-13-10-20-19(22)25/h4,15,17H,1-3,5-14H2,(H,20,25). The minimum Gasteiger partial charge on any atom is -0.336 e. The molecule has 2 heterocycles. The number of carbonyl (C=O) groups is 2. The normalized spacial score (nSPS) is 25.7. The van der Waals surface area contributed by atoms with Gasteiger partial charge >= 0.3 is 6.03 Å². The molecule has 3 amide bonds. The van der Waals surface area contributed by atoms with Crippen LogP contribution in [0.2, 0.25) is 0 Å². The maximum absolute atomic E-state index is 13.0. The molecular formula is C19H30N4O2. The van der Waals surface area contributed by atoms with Crippen molar-refractivity contribution in [2.45, 2.75) is 63.5 Å². The van der Waals surface area contributed by atoms with Crippen molar-refractivity contribution in [1.82, 2.24) is 20.0 Å². The summed E-state index contributed by atoms with van der Waals surface area (Å²) in [5.41, 5.74) is 1.28. The molecule has 3 fully saturated rings. The zero-order valence-corrected chi connectivity index (χ0v) is 15.1. The van der Waals surface area contributed by atoms with Crippen molar-refractivity contribution in [2.24, 2.45) is 0 Å². The Morgan fingerprint density at radius 2 is 1.96 bits per heavy atom. The van der Waals surface area contributed by atoms with Gasteiger partial charge in [0.15, 0.2) is 0 Å². The number of carbonyl (C=O) groups excluding carboxylic acids is 2. The van der Waals surface area contributed by atoms with E-state index in [1.54, 1.807) is 0 Å². The second-order valence-corrected chi connectivity index (χ2v) is 7.87. The molecule has 6 nitrogen and oxygen atoms in total. The summed E-state index contributed by atoms with van der Waals surface area (Å²) in [5.74, 6) is 0.285. The fraction of sp³-hybridized carbons (Fsp3) is 0.789. The Balaban J connectivity index is 1.30. The highest BCUT2D eigenvalue weighted by molar-refractivity contribution is 5.81. The van der Waals surface area contributed by atoms with Gasteiger partial charge in [-0.25, -0.2) is 4.79 Å². The number of likely N-dealkylation sites (tertiary alicyclic amines) is 1.